The Hall–Kier alpha value is -12.0. The largest absolute Gasteiger partial charge is 0.310 e. The molecule has 12 aromatic carbocycles. The van der Waals surface area contributed by atoms with Crippen LogP contribution in [0, 0.1) is 0 Å². The van der Waals surface area contributed by atoms with Crippen LogP contribution in [-0.4, -0.2) is 49.9 Å². The van der Waals surface area contributed by atoms with Gasteiger partial charge in [0, 0.05) is 101 Å². The van der Waals surface area contributed by atoms with Crippen LogP contribution in [0.4, 0.5) is 0 Å². The van der Waals surface area contributed by atoms with E-state index >= 15 is 0 Å². The molecule has 2 aliphatic heterocycles. The van der Waals surface area contributed by atoms with Gasteiger partial charge in [0.05, 0.1) is 33.1 Å². The first-order valence-corrected chi connectivity index (χ1v) is 33.7. The lowest BCUT2D eigenvalue weighted by Crippen LogP contribution is -2.59. The van der Waals surface area contributed by atoms with Gasteiger partial charge in [-0.15, -0.1) is 0 Å². The summed E-state index contributed by atoms with van der Waals surface area (Å²) < 4.78 is 9.63. The second kappa shape index (κ2) is 19.3. The van der Waals surface area contributed by atoms with Crippen LogP contribution >= 0.6 is 0 Å². The number of benzene rings is 12. The number of para-hydroxylation sites is 2. The maximum atomic E-state index is 5.80. The van der Waals surface area contributed by atoms with Crippen LogP contribution in [0.15, 0.2) is 255 Å². The Balaban J connectivity index is 0.963. The van der Waals surface area contributed by atoms with E-state index in [9.17, 15) is 0 Å². The Morgan fingerprint density at radius 2 is 0.794 bits per heavy atom. The van der Waals surface area contributed by atoms with Crippen molar-refractivity contribution in [3.63, 3.8) is 0 Å². The third kappa shape index (κ3) is 7.47. The van der Waals surface area contributed by atoms with Crippen molar-refractivity contribution in [1.29, 1.82) is 0 Å². The monoisotopic (exact) mass is 1240 g/mol. The molecule has 21 rings (SSSR count). The van der Waals surface area contributed by atoms with Gasteiger partial charge in [-0.2, -0.15) is 15.0 Å². The fourth-order valence-electron chi connectivity index (χ4n) is 17.1. The molecule has 0 N–H and O–H groups in total. The van der Waals surface area contributed by atoms with Gasteiger partial charge in [0.2, 0.25) is 11.9 Å². The summed E-state index contributed by atoms with van der Waals surface area (Å²) in [6.45, 7) is 13.9. The summed E-state index contributed by atoms with van der Waals surface area (Å²) in [7, 11) is 0. The summed E-state index contributed by atoms with van der Waals surface area (Å²) in [6, 6.07) is 86.2. The molecular weight excluding hydrogens is 1180 g/mol. The third-order valence-electron chi connectivity index (χ3n) is 21.5. The summed E-state index contributed by atoms with van der Waals surface area (Å²) in [5.74, 6) is 1.54. The molecule has 0 fully saturated rings. The highest BCUT2D eigenvalue weighted by atomic mass is 15.3. The summed E-state index contributed by atoms with van der Waals surface area (Å²) >= 11 is 0. The minimum absolute atomic E-state index is 0.0979. The molecule has 10 heteroatoms. The second-order valence-electron chi connectivity index (χ2n) is 28.8. The minimum Gasteiger partial charge on any atom is -0.310 e. The van der Waals surface area contributed by atoms with E-state index in [1.807, 2.05) is 24.8 Å². The molecule has 97 heavy (non-hydrogen) atoms. The van der Waals surface area contributed by atoms with Crippen LogP contribution in [0.2, 0.25) is 0 Å². The number of fused-ring (bicyclic) bond motifs is 23. The van der Waals surface area contributed by atoms with Crippen molar-refractivity contribution >= 4 is 143 Å². The molecular formula is C87H60BN9. The first kappa shape index (κ1) is 54.4. The topological polar surface area (TPSA) is 84.2 Å². The summed E-state index contributed by atoms with van der Waals surface area (Å²) in [5.41, 5.74) is 22.5. The SMILES string of the molecule is CC(C)(C)c1ccc2c(c1)c1cc(C(C)(C)C)cc3c1n2-c1cc(-c2nc(-n4c5ccccc5c5cnccc54)nc(-n4c5ccccc5c5cnccc54)n2)cc2c1B3c1cc(-c3ccccc3-c3ccccc3)cc3c4c5c6ccccc6c6ccccc6c5ccc4n-2c13. The second-order valence-corrected chi connectivity index (χ2v) is 28.8. The fraction of sp³-hybridized carbons (Fsp3) is 0.0920. The Morgan fingerprint density at radius 3 is 1.42 bits per heavy atom. The molecule has 0 atom stereocenters. The van der Waals surface area contributed by atoms with Gasteiger partial charge in [0.1, 0.15) is 0 Å². The van der Waals surface area contributed by atoms with Gasteiger partial charge in [-0.25, -0.2) is 0 Å². The minimum atomic E-state index is -0.211. The van der Waals surface area contributed by atoms with Gasteiger partial charge in [0.15, 0.2) is 5.82 Å². The Labute approximate surface area is 558 Å². The molecule has 0 spiro atoms. The van der Waals surface area contributed by atoms with Crippen molar-refractivity contribution in [2.45, 2.75) is 52.4 Å². The highest BCUT2D eigenvalue weighted by Gasteiger charge is 2.43. The van der Waals surface area contributed by atoms with E-state index in [-0.39, 0.29) is 17.5 Å². The number of aromatic nitrogens is 9. The maximum absolute atomic E-state index is 5.80. The number of rotatable bonds is 5. The van der Waals surface area contributed by atoms with Crippen LogP contribution in [-0.2, 0) is 10.8 Å². The van der Waals surface area contributed by atoms with Crippen LogP contribution in [0.25, 0.3) is 176 Å². The van der Waals surface area contributed by atoms with E-state index in [4.69, 9.17) is 15.0 Å². The first-order chi connectivity index (χ1) is 47.4. The summed E-state index contributed by atoms with van der Waals surface area (Å²) in [6.07, 6.45) is 7.63. The number of pyridine rings is 2. The van der Waals surface area contributed by atoms with Crippen LogP contribution in [0.5, 0.6) is 0 Å². The quantitative estimate of drug-likeness (QED) is 0.127. The molecule has 0 amide bonds. The predicted molar refractivity (Wildman–Crippen MR) is 404 cm³/mol. The van der Waals surface area contributed by atoms with Crippen molar-refractivity contribution in [2.75, 3.05) is 0 Å². The lowest BCUT2D eigenvalue weighted by Gasteiger charge is -2.35. The molecule has 0 saturated carbocycles. The zero-order valence-electron chi connectivity index (χ0n) is 54.4. The van der Waals surface area contributed by atoms with Crippen molar-refractivity contribution < 1.29 is 0 Å². The lowest BCUT2D eigenvalue weighted by atomic mass is 9.34. The molecule has 0 aliphatic carbocycles. The van der Waals surface area contributed by atoms with Gasteiger partial charge >= 0.3 is 0 Å². The molecule has 0 radical (unpaired) electrons. The van der Waals surface area contributed by atoms with Crippen molar-refractivity contribution in [3.8, 4) is 56.9 Å². The van der Waals surface area contributed by atoms with Crippen LogP contribution in [0.1, 0.15) is 52.7 Å². The highest BCUT2D eigenvalue weighted by molar-refractivity contribution is 7.00. The summed E-state index contributed by atoms with van der Waals surface area (Å²) in [5, 5.41) is 16.5. The zero-order valence-corrected chi connectivity index (χ0v) is 54.4. The molecule has 9 heterocycles. The highest BCUT2D eigenvalue weighted by Crippen LogP contribution is 2.49. The fourth-order valence-corrected chi connectivity index (χ4v) is 17.1. The number of nitrogens with zero attached hydrogens (tertiary/aromatic N) is 9. The molecule has 2 aliphatic rings. The Morgan fingerprint density at radius 1 is 0.309 bits per heavy atom. The molecule has 0 saturated heterocycles. The third-order valence-corrected chi connectivity index (χ3v) is 21.5. The van der Waals surface area contributed by atoms with Gasteiger partial charge in [0.25, 0.3) is 6.71 Å². The zero-order chi connectivity index (χ0) is 64.5. The Bertz CT molecular complexity index is 6450. The molecule has 0 bridgehead atoms. The van der Waals surface area contributed by atoms with Gasteiger partial charge in [-0.3, -0.25) is 19.1 Å². The smallest absolute Gasteiger partial charge is 0.252 e. The molecule has 7 aromatic heterocycles. The maximum Gasteiger partial charge on any atom is 0.252 e. The normalized spacial score (nSPS) is 13.0. The van der Waals surface area contributed by atoms with E-state index in [2.05, 4.69) is 300 Å². The average Bonchev–Trinajstić information content (AvgIpc) is 1.54. The van der Waals surface area contributed by atoms with Gasteiger partial charge in [-0.1, -0.05) is 205 Å². The van der Waals surface area contributed by atoms with Crippen LogP contribution < -0.4 is 16.4 Å². The van der Waals surface area contributed by atoms with Gasteiger partial charge in [-0.05, 0) is 154 Å². The average molecular weight is 1240 g/mol. The van der Waals surface area contributed by atoms with Crippen LogP contribution in [0.3, 0.4) is 0 Å². The van der Waals surface area contributed by atoms with E-state index in [0.717, 1.165) is 71.6 Å². The van der Waals surface area contributed by atoms with E-state index in [0.29, 0.717) is 17.7 Å². The van der Waals surface area contributed by atoms with Crippen molar-refractivity contribution in [1.82, 2.24) is 43.2 Å². The predicted octanol–water partition coefficient (Wildman–Crippen LogP) is 19.2. The number of hydrogen-bond acceptors (Lipinski definition) is 5. The van der Waals surface area contributed by atoms with E-state index < -0.39 is 0 Å². The molecule has 456 valence electrons. The lowest BCUT2D eigenvalue weighted by molar-refractivity contribution is 0.590. The Kier molecular flexibility index (Phi) is 10.8. The van der Waals surface area contributed by atoms with E-state index in [1.165, 1.54) is 115 Å². The number of hydrogen-bond donors (Lipinski definition) is 0. The first-order valence-electron chi connectivity index (χ1n) is 33.7. The molecule has 0 unspecified atom stereocenters. The summed E-state index contributed by atoms with van der Waals surface area (Å²) in [4.78, 5) is 26.6. The standard InChI is InChI=1S/C87H60BN9/c1-86(2,3)52-32-34-72-63(44-52)64-45-53(87(4,5)6)46-69-81(64)94(72)76-42-51(83-91-84(96-70-30-18-16-27-59(70)66-47-89-38-36-73(66)96)93-85(92-83)97-71-31-19-17-28-60(71)67-48-90-39-37-74(67)97)43-77-80(76)88(69)68-41-50(55-23-11-10-22-54(55)49-20-8-7-9-21-49)40-65-79-75(95(77)82(65)68)35-33-62-58-26-13-12-24-56(58)57-25-14-15-29-61(57)78(62)79/h7-48H,1-6H3. The van der Waals surface area contributed by atoms with Crippen molar-refractivity contribution in [3.05, 3.63) is 266 Å². The van der Waals surface area contributed by atoms with E-state index in [1.54, 1.807) is 0 Å². The van der Waals surface area contributed by atoms with Gasteiger partial charge < -0.3 is 9.13 Å². The van der Waals surface area contributed by atoms with Crippen molar-refractivity contribution in [2.24, 2.45) is 0 Å². The molecule has 9 nitrogen and oxygen atoms in total. The molecule has 19 aromatic rings.